The van der Waals surface area contributed by atoms with Crippen LogP contribution in [0.1, 0.15) is 202 Å². The first-order valence-electron chi connectivity index (χ1n) is 33.4. The SMILES string of the molecule is CC.CC.CC.CC.CC.CC.CC.CC.CC.CC#Cc1ccc(C)cc1.CC#Cc1ccc(C)cc1.Cc1ccc(-c2cc3sc(C)cc3s2)cc1.Cc1ccc(-c2cc3sc(C)cc3s2)cc1.Cc1ccc(-c2ccc(C)cc2)cc1.Cc1ccc(C)s1. The summed E-state index contributed by atoms with van der Waals surface area (Å²) in [4.78, 5) is 8.35. The van der Waals surface area contributed by atoms with Gasteiger partial charge in [-0.1, -0.05) is 291 Å². The van der Waals surface area contributed by atoms with Crippen molar-refractivity contribution in [2.75, 3.05) is 0 Å². The van der Waals surface area contributed by atoms with Crippen molar-refractivity contribution in [1.82, 2.24) is 0 Å². The molecule has 5 aromatic heterocycles. The summed E-state index contributed by atoms with van der Waals surface area (Å²) >= 11 is 9.38. The number of hydrogen-bond acceptors (Lipinski definition) is 5. The van der Waals surface area contributed by atoms with Crippen LogP contribution in [0.4, 0.5) is 0 Å². The molecule has 0 nitrogen and oxygen atoms in total. The van der Waals surface area contributed by atoms with Crippen molar-refractivity contribution < 1.29 is 0 Å². The zero-order valence-corrected chi connectivity index (χ0v) is 66.4. The fourth-order valence-corrected chi connectivity index (χ4v) is 12.7. The van der Waals surface area contributed by atoms with Crippen molar-refractivity contribution in [3.63, 3.8) is 0 Å². The minimum atomic E-state index is 1.09. The molecule has 0 aliphatic carbocycles. The van der Waals surface area contributed by atoms with E-state index in [9.17, 15) is 0 Å². The molecule has 0 aliphatic heterocycles. The van der Waals surface area contributed by atoms with Gasteiger partial charge < -0.3 is 0 Å². The Bertz CT molecular complexity index is 3230. The molecule has 6 aromatic carbocycles. The van der Waals surface area contributed by atoms with E-state index in [4.69, 9.17) is 0 Å². The lowest BCUT2D eigenvalue weighted by Gasteiger charge is -2.02. The molecule has 0 aliphatic rings. The van der Waals surface area contributed by atoms with Crippen LogP contribution in [0.2, 0.25) is 0 Å². The van der Waals surface area contributed by atoms with Crippen molar-refractivity contribution in [1.29, 1.82) is 0 Å². The Morgan fingerprint density at radius 1 is 0.209 bits per heavy atom. The Balaban J connectivity index is -0.000000481. The molecule has 0 unspecified atom stereocenters. The standard InChI is InChI=1S/2C14H12S2.C14H14.2C10H10.C6H8S.9C2H6/c2*1-9-3-5-11(6-4-9)12-8-14-13(16-12)7-10(2)15-14;1-11-3-7-13(8-4-11)14-9-5-12(2)6-10-14;2*1-3-4-10-7-5-9(2)6-8-10;1-5-3-4-6(2)7-5;9*1-2/h2*3-8H,1-2H3;3-10H,1-2H3;2*5-8H,1-2H3;3-4H,1-2H3;9*1-2H3. The third-order valence-electron chi connectivity index (χ3n) is 11.3. The number of aryl methyl sites for hydroxylation is 10. The van der Waals surface area contributed by atoms with E-state index < -0.39 is 0 Å². The summed E-state index contributed by atoms with van der Waals surface area (Å²) in [6, 6.07) is 64.6. The molecule has 0 N–H and O–H groups in total. The zero-order valence-electron chi connectivity index (χ0n) is 62.4. The third-order valence-corrected chi connectivity index (χ3v) is 16.7. The van der Waals surface area contributed by atoms with Gasteiger partial charge in [-0.25, -0.2) is 0 Å². The molecule has 5 heterocycles. The molecule has 11 aromatic rings. The molecule has 0 saturated heterocycles. The quantitative estimate of drug-likeness (QED) is 0.155. The maximum atomic E-state index is 2.98. The number of fused-ring (bicyclic) bond motifs is 2. The molecular weight excluding hydrogens is 1190 g/mol. The van der Waals surface area contributed by atoms with E-state index in [2.05, 4.69) is 251 Å². The molecule has 0 radical (unpaired) electrons. The monoisotopic (exact) mass is 1310 g/mol. The summed E-state index contributed by atoms with van der Waals surface area (Å²) in [6.07, 6.45) is 0. The average molecular weight is 1310 g/mol. The average Bonchev–Trinajstić information content (AvgIpc) is 2.71. The predicted molar refractivity (Wildman–Crippen MR) is 434 cm³/mol. The predicted octanol–water partition coefficient (Wildman–Crippen LogP) is 30.8. The summed E-state index contributed by atoms with van der Waals surface area (Å²) in [5.74, 6) is 11.7. The smallest absolute Gasteiger partial charge is 0.0459 e. The Morgan fingerprint density at radius 2 is 0.418 bits per heavy atom. The maximum Gasteiger partial charge on any atom is 0.0459 e. The van der Waals surface area contributed by atoms with Crippen LogP contribution >= 0.6 is 56.7 Å². The van der Waals surface area contributed by atoms with Gasteiger partial charge in [-0.05, 0) is 166 Å². The second kappa shape index (κ2) is 58.5. The molecule has 0 atom stereocenters. The fraction of sp³-hybridized carbons (Fsp3) is 0.349. The molecule has 0 bridgehead atoms. The highest BCUT2D eigenvalue weighted by molar-refractivity contribution is 7.30. The van der Waals surface area contributed by atoms with Crippen molar-refractivity contribution in [3.8, 4) is 55.7 Å². The first-order valence-corrected chi connectivity index (χ1v) is 37.5. The normalized spacial score (nSPS) is 8.59. The van der Waals surface area contributed by atoms with Crippen LogP contribution in [0.15, 0.2) is 182 Å². The lowest BCUT2D eigenvalue weighted by molar-refractivity contribution is 1.45. The van der Waals surface area contributed by atoms with Gasteiger partial charge in [0.05, 0.1) is 0 Å². The van der Waals surface area contributed by atoms with E-state index in [0.29, 0.717) is 0 Å². The van der Waals surface area contributed by atoms with E-state index in [1.807, 2.05) is 219 Å². The Morgan fingerprint density at radius 3 is 0.615 bits per heavy atom. The van der Waals surface area contributed by atoms with Gasteiger partial charge in [-0.3, -0.25) is 0 Å². The highest BCUT2D eigenvalue weighted by Gasteiger charge is 2.08. The van der Waals surface area contributed by atoms with Gasteiger partial charge in [0, 0.05) is 59.2 Å². The second-order valence-corrected chi connectivity index (χ2v) is 24.2. The highest BCUT2D eigenvalue weighted by Crippen LogP contribution is 2.39. The van der Waals surface area contributed by atoms with E-state index in [1.165, 1.54) is 104 Å². The van der Waals surface area contributed by atoms with Crippen molar-refractivity contribution in [2.45, 2.75) is 208 Å². The first kappa shape index (κ1) is 90.9. The fourth-order valence-electron chi connectivity index (χ4n) is 7.24. The van der Waals surface area contributed by atoms with E-state index in [-0.39, 0.29) is 0 Å². The molecule has 91 heavy (non-hydrogen) atoms. The summed E-state index contributed by atoms with van der Waals surface area (Å²) in [5.41, 5.74) is 15.2. The molecule has 0 saturated carbocycles. The van der Waals surface area contributed by atoms with Crippen LogP contribution in [0, 0.1) is 92.9 Å². The number of rotatable bonds is 3. The van der Waals surface area contributed by atoms with Crippen LogP contribution in [0.3, 0.4) is 0 Å². The molecule has 494 valence electrons. The van der Waals surface area contributed by atoms with Crippen LogP contribution in [-0.2, 0) is 0 Å². The van der Waals surface area contributed by atoms with Gasteiger partial charge in [0.2, 0.25) is 0 Å². The largest absolute Gasteiger partial charge is 0.146 e. The van der Waals surface area contributed by atoms with Gasteiger partial charge in [0.1, 0.15) is 0 Å². The van der Waals surface area contributed by atoms with Crippen LogP contribution < -0.4 is 0 Å². The maximum absolute atomic E-state index is 2.98. The summed E-state index contributed by atoms with van der Waals surface area (Å²) in [5, 5.41) is 0. The van der Waals surface area contributed by atoms with Crippen LogP contribution in [0.5, 0.6) is 0 Å². The van der Waals surface area contributed by atoms with Gasteiger partial charge in [-0.2, -0.15) is 0 Å². The topological polar surface area (TPSA) is 0 Å². The third kappa shape index (κ3) is 38.2. The van der Waals surface area contributed by atoms with E-state index in [1.54, 1.807) is 0 Å². The van der Waals surface area contributed by atoms with Gasteiger partial charge in [0.15, 0.2) is 0 Å². The Hall–Kier alpha value is -6.54. The number of thiophene rings is 5. The highest BCUT2D eigenvalue weighted by atomic mass is 32.1. The zero-order chi connectivity index (χ0) is 70.3. The Kier molecular flexibility index (Phi) is 58.5. The lowest BCUT2D eigenvalue weighted by Crippen LogP contribution is -1.78. The van der Waals surface area contributed by atoms with Gasteiger partial charge in [0.25, 0.3) is 0 Å². The van der Waals surface area contributed by atoms with E-state index in [0.717, 1.165) is 11.1 Å². The minimum Gasteiger partial charge on any atom is -0.146 e. The molecule has 0 amide bonds. The van der Waals surface area contributed by atoms with Crippen molar-refractivity contribution in [3.05, 3.63) is 246 Å². The summed E-state index contributed by atoms with van der Waals surface area (Å²) in [6.45, 7) is 60.9. The van der Waals surface area contributed by atoms with Crippen LogP contribution in [0.25, 0.3) is 50.8 Å². The first-order chi connectivity index (χ1) is 44.1. The Labute approximate surface area is 580 Å². The molecule has 0 fully saturated rings. The van der Waals surface area contributed by atoms with Gasteiger partial charge >= 0.3 is 0 Å². The van der Waals surface area contributed by atoms with E-state index >= 15 is 0 Å². The lowest BCUT2D eigenvalue weighted by atomic mass is 10.0. The molecule has 5 heteroatoms. The minimum absolute atomic E-state index is 1.09. The van der Waals surface area contributed by atoms with Crippen molar-refractivity contribution in [2.24, 2.45) is 0 Å². The van der Waals surface area contributed by atoms with Crippen LogP contribution in [-0.4, -0.2) is 0 Å². The second-order valence-electron chi connectivity index (χ2n) is 18.0. The molecule has 0 spiro atoms. The summed E-state index contributed by atoms with van der Waals surface area (Å²) in [7, 11) is 0. The van der Waals surface area contributed by atoms with Crippen molar-refractivity contribution >= 4 is 75.5 Å². The number of hydrogen-bond donors (Lipinski definition) is 0. The summed E-state index contributed by atoms with van der Waals surface area (Å²) < 4.78 is 5.66. The van der Waals surface area contributed by atoms with Gasteiger partial charge in [-0.15, -0.1) is 68.5 Å². The molecule has 11 rings (SSSR count). The number of benzene rings is 6. The molecular formula is C86H120S5.